The third-order valence-electron chi connectivity index (χ3n) is 2.96. The zero-order valence-corrected chi connectivity index (χ0v) is 11.7. The summed E-state index contributed by atoms with van der Waals surface area (Å²) in [6.07, 6.45) is 0. The van der Waals surface area contributed by atoms with Crippen molar-refractivity contribution in [2.75, 3.05) is 13.1 Å². The lowest BCUT2D eigenvalue weighted by Gasteiger charge is -2.36. The minimum absolute atomic E-state index is 0.536. The van der Waals surface area contributed by atoms with Gasteiger partial charge in [-0.05, 0) is 37.6 Å². The summed E-state index contributed by atoms with van der Waals surface area (Å²) in [7, 11) is 0. The Morgan fingerprint density at radius 2 is 1.65 bits per heavy atom. The van der Waals surface area contributed by atoms with Gasteiger partial charge in [-0.1, -0.05) is 23.2 Å². The molecule has 0 radical (unpaired) electrons. The molecule has 94 valence electrons. The van der Waals surface area contributed by atoms with Crippen molar-refractivity contribution in [2.45, 2.75) is 32.5 Å². The smallest absolute Gasteiger partial charge is 0.0424 e. The van der Waals surface area contributed by atoms with Gasteiger partial charge in [-0.2, -0.15) is 0 Å². The second kappa shape index (κ2) is 5.57. The van der Waals surface area contributed by atoms with Crippen molar-refractivity contribution in [1.82, 2.24) is 10.2 Å². The van der Waals surface area contributed by atoms with Crippen LogP contribution in [-0.4, -0.2) is 30.1 Å². The molecule has 1 aromatic carbocycles. The highest BCUT2D eigenvalue weighted by atomic mass is 35.5. The Balaban J connectivity index is 2.04. The molecule has 1 aliphatic heterocycles. The quantitative estimate of drug-likeness (QED) is 0.890. The Morgan fingerprint density at radius 3 is 2.18 bits per heavy atom. The van der Waals surface area contributed by atoms with E-state index in [0.29, 0.717) is 22.1 Å². The Kier molecular flexibility index (Phi) is 4.31. The first-order valence-electron chi connectivity index (χ1n) is 5.96. The van der Waals surface area contributed by atoms with Crippen LogP contribution in [0.25, 0.3) is 0 Å². The molecule has 2 nitrogen and oxygen atoms in total. The van der Waals surface area contributed by atoms with Gasteiger partial charge in [0.25, 0.3) is 0 Å². The van der Waals surface area contributed by atoms with Gasteiger partial charge < -0.3 is 5.32 Å². The Hall–Kier alpha value is -0.280. The topological polar surface area (TPSA) is 15.3 Å². The average Bonchev–Trinajstić information content (AvgIpc) is 2.13. The molecule has 1 aromatic rings. The SMILES string of the molecule is CC1CN(Cc2cc(Cl)cc(Cl)c2)CC(C)N1. The predicted molar refractivity (Wildman–Crippen MR) is 73.8 cm³/mol. The van der Waals surface area contributed by atoms with Gasteiger partial charge in [0.15, 0.2) is 0 Å². The molecule has 1 heterocycles. The number of piperazine rings is 1. The van der Waals surface area contributed by atoms with E-state index in [1.54, 1.807) is 6.07 Å². The molecule has 0 bridgehead atoms. The van der Waals surface area contributed by atoms with E-state index in [1.165, 1.54) is 5.56 Å². The molecule has 1 fully saturated rings. The van der Waals surface area contributed by atoms with Crippen LogP contribution in [0.5, 0.6) is 0 Å². The number of rotatable bonds is 2. The third-order valence-corrected chi connectivity index (χ3v) is 3.40. The van der Waals surface area contributed by atoms with Gasteiger partial charge in [0.1, 0.15) is 0 Å². The van der Waals surface area contributed by atoms with E-state index in [1.807, 2.05) is 12.1 Å². The summed E-state index contributed by atoms with van der Waals surface area (Å²) in [6.45, 7) is 7.47. The zero-order chi connectivity index (χ0) is 12.4. The first-order chi connectivity index (χ1) is 8.02. The van der Waals surface area contributed by atoms with Crippen LogP contribution in [0.1, 0.15) is 19.4 Å². The van der Waals surface area contributed by atoms with Crippen molar-refractivity contribution >= 4 is 23.2 Å². The van der Waals surface area contributed by atoms with Crippen LogP contribution in [-0.2, 0) is 6.54 Å². The second-order valence-electron chi connectivity index (χ2n) is 4.94. The lowest BCUT2D eigenvalue weighted by molar-refractivity contribution is 0.166. The molecule has 0 amide bonds. The van der Waals surface area contributed by atoms with Gasteiger partial charge >= 0.3 is 0 Å². The molecule has 1 aliphatic rings. The average molecular weight is 273 g/mol. The van der Waals surface area contributed by atoms with E-state index in [0.717, 1.165) is 19.6 Å². The molecule has 0 saturated carbocycles. The van der Waals surface area contributed by atoms with Crippen LogP contribution in [0.15, 0.2) is 18.2 Å². The largest absolute Gasteiger partial charge is 0.309 e. The predicted octanol–water partition coefficient (Wildman–Crippen LogP) is 3.18. The highest BCUT2D eigenvalue weighted by Crippen LogP contribution is 2.20. The van der Waals surface area contributed by atoms with E-state index >= 15 is 0 Å². The first-order valence-corrected chi connectivity index (χ1v) is 6.72. The van der Waals surface area contributed by atoms with Crippen molar-refractivity contribution in [2.24, 2.45) is 0 Å². The van der Waals surface area contributed by atoms with Crippen LogP contribution >= 0.6 is 23.2 Å². The number of nitrogens with one attached hydrogen (secondary N) is 1. The van der Waals surface area contributed by atoms with Gasteiger partial charge in [0, 0.05) is 41.8 Å². The Bertz CT molecular complexity index is 365. The minimum atomic E-state index is 0.536. The molecule has 2 unspecified atom stereocenters. The summed E-state index contributed by atoms with van der Waals surface area (Å²) < 4.78 is 0. The summed E-state index contributed by atoms with van der Waals surface area (Å²) in [6, 6.07) is 6.83. The maximum atomic E-state index is 6.01. The van der Waals surface area contributed by atoms with Crippen LogP contribution in [0.3, 0.4) is 0 Å². The molecule has 17 heavy (non-hydrogen) atoms. The van der Waals surface area contributed by atoms with E-state index in [9.17, 15) is 0 Å². The highest BCUT2D eigenvalue weighted by Gasteiger charge is 2.20. The zero-order valence-electron chi connectivity index (χ0n) is 10.2. The fourth-order valence-corrected chi connectivity index (χ4v) is 3.10. The molecule has 0 aromatic heterocycles. The molecule has 0 spiro atoms. The number of hydrogen-bond acceptors (Lipinski definition) is 2. The Morgan fingerprint density at radius 1 is 1.12 bits per heavy atom. The van der Waals surface area contributed by atoms with E-state index < -0.39 is 0 Å². The molecule has 2 rings (SSSR count). The summed E-state index contributed by atoms with van der Waals surface area (Å²) in [5.41, 5.74) is 1.18. The van der Waals surface area contributed by atoms with Gasteiger partial charge in [-0.15, -0.1) is 0 Å². The molecule has 2 atom stereocenters. The van der Waals surface area contributed by atoms with Crippen LogP contribution in [0.2, 0.25) is 10.0 Å². The monoisotopic (exact) mass is 272 g/mol. The lowest BCUT2D eigenvalue weighted by atomic mass is 10.1. The normalized spacial score (nSPS) is 26.1. The van der Waals surface area contributed by atoms with Crippen molar-refractivity contribution in [3.05, 3.63) is 33.8 Å². The maximum absolute atomic E-state index is 6.01. The van der Waals surface area contributed by atoms with Crippen molar-refractivity contribution < 1.29 is 0 Å². The molecule has 0 aliphatic carbocycles. The maximum Gasteiger partial charge on any atom is 0.0424 e. The summed E-state index contributed by atoms with van der Waals surface area (Å²) in [5.74, 6) is 0. The van der Waals surface area contributed by atoms with Gasteiger partial charge in [-0.3, -0.25) is 4.90 Å². The third kappa shape index (κ3) is 3.85. The van der Waals surface area contributed by atoms with Crippen LogP contribution in [0.4, 0.5) is 0 Å². The van der Waals surface area contributed by atoms with E-state index in [2.05, 4.69) is 24.1 Å². The Labute approximate surface area is 113 Å². The highest BCUT2D eigenvalue weighted by molar-refractivity contribution is 6.34. The number of halogens is 2. The fourth-order valence-electron chi connectivity index (χ4n) is 2.53. The summed E-state index contributed by atoms with van der Waals surface area (Å²) in [4.78, 5) is 2.44. The van der Waals surface area contributed by atoms with Gasteiger partial charge in [0.05, 0.1) is 0 Å². The molecular formula is C13H18Cl2N2. The van der Waals surface area contributed by atoms with Gasteiger partial charge in [0.2, 0.25) is 0 Å². The van der Waals surface area contributed by atoms with Gasteiger partial charge in [-0.25, -0.2) is 0 Å². The molecule has 1 N–H and O–H groups in total. The second-order valence-corrected chi connectivity index (χ2v) is 5.81. The van der Waals surface area contributed by atoms with Crippen LogP contribution in [0, 0.1) is 0 Å². The molecule has 4 heteroatoms. The molecule has 1 saturated heterocycles. The molecular weight excluding hydrogens is 255 g/mol. The van der Waals surface area contributed by atoms with Crippen molar-refractivity contribution in [3.8, 4) is 0 Å². The summed E-state index contributed by atoms with van der Waals surface area (Å²) >= 11 is 12.0. The number of nitrogens with zero attached hydrogens (tertiary/aromatic N) is 1. The fraction of sp³-hybridized carbons (Fsp3) is 0.538. The first kappa shape index (κ1) is 13.2. The van der Waals surface area contributed by atoms with Crippen molar-refractivity contribution in [3.63, 3.8) is 0 Å². The van der Waals surface area contributed by atoms with Crippen molar-refractivity contribution in [1.29, 1.82) is 0 Å². The lowest BCUT2D eigenvalue weighted by Crippen LogP contribution is -2.53. The van der Waals surface area contributed by atoms with Crippen LogP contribution < -0.4 is 5.32 Å². The standard InChI is InChI=1S/C13H18Cl2N2/c1-9-6-17(7-10(2)16-9)8-11-3-12(14)5-13(15)4-11/h3-5,9-10,16H,6-8H2,1-2H3. The summed E-state index contributed by atoms with van der Waals surface area (Å²) in [5, 5.41) is 4.95. The van der Waals surface area contributed by atoms with E-state index in [4.69, 9.17) is 23.2 Å². The number of benzene rings is 1. The number of hydrogen-bond donors (Lipinski definition) is 1. The van der Waals surface area contributed by atoms with E-state index in [-0.39, 0.29) is 0 Å². The minimum Gasteiger partial charge on any atom is -0.309 e.